The van der Waals surface area contributed by atoms with Gasteiger partial charge in [0.25, 0.3) is 5.89 Å². The standard InChI is InChI=1S/C28H38F2N4O4/c29-24(30)27-33-25(34-38-27)18-9-10-19-21(17-37-22(19)15-18)32-26(36)20-11-14-31-23(16-35)28(20)12-7-5-3-1-2-4-6-8-13-28/h9-10,15,20-21,23-24,31,35H,1-8,11-14,16-17H2,(H,32,36)/t20?,21-,23?/m1/s1. The van der Waals surface area contributed by atoms with Crippen LogP contribution in [0, 0.1) is 11.3 Å². The summed E-state index contributed by atoms with van der Waals surface area (Å²) in [5.74, 6) is -0.251. The van der Waals surface area contributed by atoms with Gasteiger partial charge in [0, 0.05) is 23.1 Å². The molecule has 2 aliphatic heterocycles. The fourth-order valence-corrected chi connectivity index (χ4v) is 6.75. The van der Waals surface area contributed by atoms with Crippen LogP contribution >= 0.6 is 0 Å². The lowest BCUT2D eigenvalue weighted by molar-refractivity contribution is -0.135. The van der Waals surface area contributed by atoms with Gasteiger partial charge in [-0.2, -0.15) is 13.8 Å². The molecule has 5 rings (SSSR count). The number of aromatic nitrogens is 2. The molecule has 0 radical (unpaired) electrons. The number of carbonyl (C=O) groups excluding carboxylic acids is 1. The van der Waals surface area contributed by atoms with Crippen LogP contribution in [0.1, 0.15) is 94.6 Å². The van der Waals surface area contributed by atoms with Crippen LogP contribution in [-0.4, -0.2) is 47.0 Å². The highest BCUT2D eigenvalue weighted by molar-refractivity contribution is 5.80. The number of alkyl halides is 2. The normalized spacial score (nSPS) is 25.9. The van der Waals surface area contributed by atoms with Gasteiger partial charge >= 0.3 is 6.43 Å². The molecule has 3 aliphatic rings. The Morgan fingerprint density at radius 2 is 1.84 bits per heavy atom. The smallest absolute Gasteiger partial charge is 0.315 e. The third kappa shape index (κ3) is 5.57. The van der Waals surface area contributed by atoms with Crippen LogP contribution in [0.3, 0.4) is 0 Å². The zero-order valence-electron chi connectivity index (χ0n) is 21.8. The number of carbonyl (C=O) groups is 1. The summed E-state index contributed by atoms with van der Waals surface area (Å²) >= 11 is 0. The van der Waals surface area contributed by atoms with Crippen molar-refractivity contribution >= 4 is 5.91 Å². The molecular weight excluding hydrogens is 494 g/mol. The van der Waals surface area contributed by atoms with E-state index in [1.165, 1.54) is 38.5 Å². The topological polar surface area (TPSA) is 110 Å². The Hall–Kier alpha value is -2.59. The number of aliphatic hydroxyl groups is 1. The lowest BCUT2D eigenvalue weighted by Crippen LogP contribution is -2.60. The molecule has 1 saturated carbocycles. The van der Waals surface area contributed by atoms with Gasteiger partial charge in [-0.25, -0.2) is 0 Å². The van der Waals surface area contributed by atoms with Crippen LogP contribution in [0.5, 0.6) is 5.75 Å². The minimum Gasteiger partial charge on any atom is -0.491 e. The highest BCUT2D eigenvalue weighted by atomic mass is 19.3. The molecule has 1 spiro atoms. The van der Waals surface area contributed by atoms with Gasteiger partial charge in [-0.3, -0.25) is 4.79 Å². The summed E-state index contributed by atoms with van der Waals surface area (Å²) in [5, 5.41) is 20.8. The number of fused-ring (bicyclic) bond motifs is 1. The highest BCUT2D eigenvalue weighted by Crippen LogP contribution is 2.47. The third-order valence-corrected chi connectivity index (χ3v) is 8.74. The Kier molecular flexibility index (Phi) is 8.57. The quantitative estimate of drug-likeness (QED) is 0.492. The molecule has 8 nitrogen and oxygen atoms in total. The molecular formula is C28H38F2N4O4. The van der Waals surface area contributed by atoms with Crippen molar-refractivity contribution in [2.75, 3.05) is 19.8 Å². The Bertz CT molecular complexity index is 1080. The largest absolute Gasteiger partial charge is 0.491 e. The average Bonchev–Trinajstić information content (AvgIpc) is 3.56. The van der Waals surface area contributed by atoms with Crippen LogP contribution in [-0.2, 0) is 4.79 Å². The lowest BCUT2D eigenvalue weighted by Gasteiger charge is -2.50. The SMILES string of the molecule is O=C(N[C@@H]1COc2cc(-c3noc(C(F)F)n3)ccc21)C1CCNC(CO)C12CCCCCCCCCC2. The molecule has 2 fully saturated rings. The summed E-state index contributed by atoms with van der Waals surface area (Å²) in [6.07, 6.45) is 9.29. The minimum absolute atomic E-state index is 0.0186. The Morgan fingerprint density at radius 3 is 2.50 bits per heavy atom. The van der Waals surface area contributed by atoms with E-state index in [-0.39, 0.29) is 41.8 Å². The maximum absolute atomic E-state index is 13.9. The van der Waals surface area contributed by atoms with Crippen molar-refractivity contribution in [1.82, 2.24) is 20.8 Å². The summed E-state index contributed by atoms with van der Waals surface area (Å²) in [6, 6.07) is 4.85. The van der Waals surface area contributed by atoms with Crippen molar-refractivity contribution in [3.63, 3.8) is 0 Å². The number of nitrogens with one attached hydrogen (secondary N) is 2. The second-order valence-electron chi connectivity index (χ2n) is 11.0. The molecule has 1 aromatic heterocycles. The first-order valence-electron chi connectivity index (χ1n) is 14.1. The van der Waals surface area contributed by atoms with Crippen molar-refractivity contribution in [3.05, 3.63) is 29.7 Å². The Morgan fingerprint density at radius 1 is 1.13 bits per heavy atom. The predicted octanol–water partition coefficient (Wildman–Crippen LogP) is 5.10. The van der Waals surface area contributed by atoms with E-state index in [9.17, 15) is 18.7 Å². The maximum atomic E-state index is 13.9. The van der Waals surface area contributed by atoms with Crippen molar-refractivity contribution in [1.29, 1.82) is 0 Å². The molecule has 1 aliphatic carbocycles. The van der Waals surface area contributed by atoms with E-state index >= 15 is 0 Å². The Labute approximate surface area is 221 Å². The average molecular weight is 533 g/mol. The van der Waals surface area contributed by atoms with Gasteiger partial charge in [-0.15, -0.1) is 0 Å². The second-order valence-corrected chi connectivity index (χ2v) is 11.0. The predicted molar refractivity (Wildman–Crippen MR) is 137 cm³/mol. The Balaban J connectivity index is 1.33. The van der Waals surface area contributed by atoms with Crippen LogP contribution in [0.15, 0.2) is 22.7 Å². The molecule has 3 N–H and O–H groups in total. The molecule has 3 atom stereocenters. The summed E-state index contributed by atoms with van der Waals surface area (Å²) < 4.78 is 36.2. The first-order valence-corrected chi connectivity index (χ1v) is 14.1. The molecule has 1 aromatic carbocycles. The summed E-state index contributed by atoms with van der Waals surface area (Å²) in [7, 11) is 0. The maximum Gasteiger partial charge on any atom is 0.315 e. The summed E-state index contributed by atoms with van der Waals surface area (Å²) in [4.78, 5) is 17.6. The number of nitrogens with zero attached hydrogens (tertiary/aromatic N) is 2. The van der Waals surface area contributed by atoms with Gasteiger partial charge in [-0.05, 0) is 37.3 Å². The zero-order chi connectivity index (χ0) is 26.5. The van der Waals surface area contributed by atoms with E-state index in [1.807, 2.05) is 6.07 Å². The van der Waals surface area contributed by atoms with Crippen LogP contribution in [0.4, 0.5) is 8.78 Å². The van der Waals surface area contributed by atoms with Crippen LogP contribution in [0.25, 0.3) is 11.4 Å². The number of hydrogen-bond donors (Lipinski definition) is 3. The van der Waals surface area contributed by atoms with Gasteiger partial charge in [0.1, 0.15) is 12.4 Å². The highest BCUT2D eigenvalue weighted by Gasteiger charge is 2.50. The lowest BCUT2D eigenvalue weighted by atomic mass is 9.61. The van der Waals surface area contributed by atoms with Gasteiger partial charge in [0.05, 0.1) is 12.6 Å². The van der Waals surface area contributed by atoms with E-state index in [2.05, 4.69) is 25.3 Å². The van der Waals surface area contributed by atoms with Crippen LogP contribution in [0.2, 0.25) is 0 Å². The first kappa shape index (κ1) is 27.0. The number of piperidine rings is 1. The molecule has 1 amide bonds. The molecule has 0 bridgehead atoms. The zero-order valence-corrected chi connectivity index (χ0v) is 21.8. The summed E-state index contributed by atoms with van der Waals surface area (Å²) in [5.41, 5.74) is 1.07. The number of rotatable bonds is 5. The van der Waals surface area contributed by atoms with Crippen LogP contribution < -0.4 is 15.4 Å². The molecule has 1 saturated heterocycles. The van der Waals surface area contributed by atoms with Crippen molar-refractivity contribution < 1.29 is 27.9 Å². The van der Waals surface area contributed by atoms with Gasteiger partial charge in [0.15, 0.2) is 0 Å². The number of aliphatic hydroxyl groups excluding tert-OH is 1. The third-order valence-electron chi connectivity index (χ3n) is 8.74. The fraction of sp³-hybridized carbons (Fsp3) is 0.679. The molecule has 3 heterocycles. The monoisotopic (exact) mass is 532 g/mol. The second kappa shape index (κ2) is 12.1. The number of ether oxygens (including phenoxy) is 1. The van der Waals surface area contributed by atoms with E-state index in [4.69, 9.17) is 4.74 Å². The molecule has 38 heavy (non-hydrogen) atoms. The number of amides is 1. The van der Waals surface area contributed by atoms with Crippen molar-refractivity contribution in [2.45, 2.75) is 89.1 Å². The fourth-order valence-electron chi connectivity index (χ4n) is 6.75. The number of hydrogen-bond acceptors (Lipinski definition) is 7. The van der Waals surface area contributed by atoms with E-state index < -0.39 is 12.3 Å². The van der Waals surface area contributed by atoms with Crippen molar-refractivity contribution in [2.24, 2.45) is 11.3 Å². The van der Waals surface area contributed by atoms with E-state index in [0.29, 0.717) is 24.5 Å². The first-order chi connectivity index (χ1) is 18.5. The molecule has 10 heteroatoms. The van der Waals surface area contributed by atoms with Crippen molar-refractivity contribution in [3.8, 4) is 17.1 Å². The number of benzene rings is 1. The molecule has 208 valence electrons. The molecule has 2 unspecified atom stereocenters. The van der Waals surface area contributed by atoms with E-state index in [1.54, 1.807) is 12.1 Å². The number of halogens is 2. The van der Waals surface area contributed by atoms with Gasteiger partial charge in [-0.1, -0.05) is 68.7 Å². The van der Waals surface area contributed by atoms with Gasteiger partial charge in [0.2, 0.25) is 11.7 Å². The minimum atomic E-state index is -2.83. The van der Waals surface area contributed by atoms with Gasteiger partial charge < -0.3 is 25.0 Å². The molecule has 2 aromatic rings. The summed E-state index contributed by atoms with van der Waals surface area (Å²) in [6.45, 7) is 1.03. The van der Waals surface area contributed by atoms with E-state index in [0.717, 1.165) is 37.7 Å².